The smallest absolute Gasteiger partial charge is 0.306 e. The molecule has 0 bridgehead atoms. The molecule has 0 aliphatic heterocycles. The molecule has 0 aromatic carbocycles. The molecule has 0 saturated heterocycles. The third-order valence-corrected chi connectivity index (χ3v) is 2.39. The van der Waals surface area contributed by atoms with Gasteiger partial charge in [-0.1, -0.05) is 6.42 Å². The van der Waals surface area contributed by atoms with Gasteiger partial charge in [-0.25, -0.2) is 0 Å². The van der Waals surface area contributed by atoms with E-state index in [0.29, 0.717) is 6.42 Å². The van der Waals surface area contributed by atoms with E-state index < -0.39 is 5.97 Å². The van der Waals surface area contributed by atoms with Crippen molar-refractivity contribution >= 4 is 5.97 Å². The SMILES string of the molecule is O=C(O)C1CCCC(CO)C1. The Kier molecular flexibility index (Phi) is 2.88. The van der Waals surface area contributed by atoms with Gasteiger partial charge in [-0.15, -0.1) is 0 Å². The molecule has 3 nitrogen and oxygen atoms in total. The lowest BCUT2D eigenvalue weighted by Crippen LogP contribution is -2.24. The van der Waals surface area contributed by atoms with Crippen LogP contribution < -0.4 is 0 Å². The van der Waals surface area contributed by atoms with E-state index in [0.717, 1.165) is 19.3 Å². The van der Waals surface area contributed by atoms with E-state index in [4.69, 9.17) is 10.2 Å². The molecule has 0 radical (unpaired) electrons. The van der Waals surface area contributed by atoms with Crippen LogP contribution >= 0.6 is 0 Å². The number of aliphatic carboxylic acids is 1. The van der Waals surface area contributed by atoms with Gasteiger partial charge >= 0.3 is 5.97 Å². The Morgan fingerprint density at radius 3 is 2.73 bits per heavy atom. The van der Waals surface area contributed by atoms with Crippen molar-refractivity contribution in [2.75, 3.05) is 6.61 Å². The summed E-state index contributed by atoms with van der Waals surface area (Å²) in [7, 11) is 0. The molecule has 1 rings (SSSR count). The predicted octanol–water partition coefficient (Wildman–Crippen LogP) is 0.870. The van der Waals surface area contributed by atoms with Crippen LogP contribution in [-0.4, -0.2) is 22.8 Å². The van der Waals surface area contributed by atoms with Gasteiger partial charge in [-0.3, -0.25) is 4.79 Å². The van der Waals surface area contributed by atoms with Crippen LogP contribution in [0.25, 0.3) is 0 Å². The van der Waals surface area contributed by atoms with Gasteiger partial charge in [-0.2, -0.15) is 0 Å². The fraction of sp³-hybridized carbons (Fsp3) is 0.875. The quantitative estimate of drug-likeness (QED) is 0.627. The average molecular weight is 158 g/mol. The van der Waals surface area contributed by atoms with Crippen molar-refractivity contribution in [3.05, 3.63) is 0 Å². The van der Waals surface area contributed by atoms with E-state index in [9.17, 15) is 4.79 Å². The lowest BCUT2D eigenvalue weighted by molar-refractivity contribution is -0.143. The first-order valence-electron chi connectivity index (χ1n) is 4.07. The highest BCUT2D eigenvalue weighted by Gasteiger charge is 2.25. The molecular weight excluding hydrogens is 144 g/mol. The lowest BCUT2D eigenvalue weighted by Gasteiger charge is -2.24. The second-order valence-corrected chi connectivity index (χ2v) is 3.25. The van der Waals surface area contributed by atoms with E-state index in [2.05, 4.69) is 0 Å². The molecule has 1 aliphatic rings. The molecule has 64 valence electrons. The van der Waals surface area contributed by atoms with Crippen LogP contribution in [0.5, 0.6) is 0 Å². The first kappa shape index (κ1) is 8.53. The molecule has 0 heterocycles. The highest BCUT2D eigenvalue weighted by Crippen LogP contribution is 2.28. The summed E-state index contributed by atoms with van der Waals surface area (Å²) in [4.78, 5) is 10.5. The van der Waals surface area contributed by atoms with Crippen molar-refractivity contribution in [1.29, 1.82) is 0 Å². The minimum atomic E-state index is -0.705. The fourth-order valence-electron chi connectivity index (χ4n) is 1.68. The number of aliphatic hydroxyl groups is 1. The van der Waals surface area contributed by atoms with Crippen LogP contribution in [0.4, 0.5) is 0 Å². The van der Waals surface area contributed by atoms with Gasteiger partial charge < -0.3 is 10.2 Å². The third-order valence-electron chi connectivity index (χ3n) is 2.39. The van der Waals surface area contributed by atoms with Gasteiger partial charge in [0.05, 0.1) is 5.92 Å². The van der Waals surface area contributed by atoms with Crippen molar-refractivity contribution < 1.29 is 15.0 Å². The fourth-order valence-corrected chi connectivity index (χ4v) is 1.68. The summed E-state index contributed by atoms with van der Waals surface area (Å²) in [6, 6.07) is 0. The molecule has 2 unspecified atom stereocenters. The molecule has 1 aliphatic carbocycles. The molecule has 1 fully saturated rings. The number of carboxylic acids is 1. The van der Waals surface area contributed by atoms with Crippen LogP contribution in [0, 0.1) is 11.8 Å². The maximum absolute atomic E-state index is 10.5. The summed E-state index contributed by atoms with van der Waals surface area (Å²) in [5.74, 6) is -0.686. The molecule has 11 heavy (non-hydrogen) atoms. The van der Waals surface area contributed by atoms with Crippen LogP contribution in [0.15, 0.2) is 0 Å². The maximum atomic E-state index is 10.5. The van der Waals surface area contributed by atoms with E-state index in [1.54, 1.807) is 0 Å². The van der Waals surface area contributed by atoms with Crippen LogP contribution in [-0.2, 0) is 4.79 Å². The van der Waals surface area contributed by atoms with E-state index in [1.807, 2.05) is 0 Å². The van der Waals surface area contributed by atoms with E-state index >= 15 is 0 Å². The van der Waals surface area contributed by atoms with E-state index in [1.165, 1.54) is 0 Å². The molecule has 1 saturated carbocycles. The molecule has 0 aromatic rings. The van der Waals surface area contributed by atoms with Gasteiger partial charge in [-0.05, 0) is 25.2 Å². The first-order chi connectivity index (χ1) is 5.24. The topological polar surface area (TPSA) is 57.5 Å². The summed E-state index contributed by atoms with van der Waals surface area (Å²) < 4.78 is 0. The zero-order chi connectivity index (χ0) is 8.27. The Balaban J connectivity index is 2.39. The standard InChI is InChI=1S/C8H14O3/c9-5-6-2-1-3-7(4-6)8(10)11/h6-7,9H,1-5H2,(H,10,11). The minimum Gasteiger partial charge on any atom is -0.481 e. The largest absolute Gasteiger partial charge is 0.481 e. The number of aliphatic hydroxyl groups excluding tert-OH is 1. The van der Waals surface area contributed by atoms with Gasteiger partial charge in [0.25, 0.3) is 0 Å². The van der Waals surface area contributed by atoms with Crippen LogP contribution in [0.1, 0.15) is 25.7 Å². The van der Waals surface area contributed by atoms with Crippen molar-refractivity contribution in [2.24, 2.45) is 11.8 Å². The van der Waals surface area contributed by atoms with Gasteiger partial charge in [0.15, 0.2) is 0 Å². The molecule has 0 spiro atoms. The molecule has 0 aromatic heterocycles. The van der Waals surface area contributed by atoms with Gasteiger partial charge in [0.2, 0.25) is 0 Å². The number of hydrogen-bond acceptors (Lipinski definition) is 2. The molecular formula is C8H14O3. The Labute approximate surface area is 66.0 Å². The Morgan fingerprint density at radius 1 is 1.45 bits per heavy atom. The third kappa shape index (κ3) is 2.19. The molecule has 0 amide bonds. The number of carboxylic acid groups (broad SMARTS) is 1. The van der Waals surface area contributed by atoms with E-state index in [-0.39, 0.29) is 18.4 Å². The number of hydrogen-bond donors (Lipinski definition) is 2. The molecule has 2 atom stereocenters. The van der Waals surface area contributed by atoms with Crippen LogP contribution in [0.3, 0.4) is 0 Å². The molecule has 2 N–H and O–H groups in total. The normalized spacial score (nSPS) is 31.7. The zero-order valence-electron chi connectivity index (χ0n) is 6.49. The van der Waals surface area contributed by atoms with Gasteiger partial charge in [0.1, 0.15) is 0 Å². The second kappa shape index (κ2) is 3.72. The number of rotatable bonds is 2. The monoisotopic (exact) mass is 158 g/mol. The first-order valence-corrected chi connectivity index (χ1v) is 4.07. The zero-order valence-corrected chi connectivity index (χ0v) is 6.49. The summed E-state index contributed by atoms with van der Waals surface area (Å²) in [6.07, 6.45) is 3.38. The highest BCUT2D eigenvalue weighted by atomic mass is 16.4. The van der Waals surface area contributed by atoms with Crippen molar-refractivity contribution in [1.82, 2.24) is 0 Å². The Hall–Kier alpha value is -0.570. The Bertz CT molecular complexity index is 144. The predicted molar refractivity (Wildman–Crippen MR) is 40.2 cm³/mol. The van der Waals surface area contributed by atoms with Gasteiger partial charge in [0, 0.05) is 6.61 Å². The summed E-state index contributed by atoms with van der Waals surface area (Å²) in [6.45, 7) is 0.143. The van der Waals surface area contributed by atoms with Crippen molar-refractivity contribution in [3.8, 4) is 0 Å². The number of carbonyl (C=O) groups is 1. The highest BCUT2D eigenvalue weighted by molar-refractivity contribution is 5.70. The average Bonchev–Trinajstić information content (AvgIpc) is 2.05. The van der Waals surface area contributed by atoms with Crippen molar-refractivity contribution in [2.45, 2.75) is 25.7 Å². The Morgan fingerprint density at radius 2 is 2.18 bits per heavy atom. The second-order valence-electron chi connectivity index (χ2n) is 3.25. The summed E-state index contributed by atoms with van der Waals surface area (Å²) in [5, 5.41) is 17.5. The minimum absolute atomic E-state index is 0.143. The van der Waals surface area contributed by atoms with Crippen LogP contribution in [0.2, 0.25) is 0 Å². The maximum Gasteiger partial charge on any atom is 0.306 e. The van der Waals surface area contributed by atoms with Crippen molar-refractivity contribution in [3.63, 3.8) is 0 Å². The summed E-state index contributed by atoms with van der Waals surface area (Å²) in [5.41, 5.74) is 0. The molecule has 3 heteroatoms. The lowest BCUT2D eigenvalue weighted by atomic mass is 9.82. The summed E-state index contributed by atoms with van der Waals surface area (Å²) >= 11 is 0.